The van der Waals surface area contributed by atoms with Gasteiger partial charge in [0.2, 0.25) is 0 Å². The Kier molecular flexibility index (Phi) is 2.46. The van der Waals surface area contributed by atoms with E-state index in [4.69, 9.17) is 11.6 Å². The average molecular weight is 175 g/mol. The number of alkyl halides is 1. The second-order valence-corrected chi connectivity index (χ2v) is 2.67. The van der Waals surface area contributed by atoms with Crippen molar-refractivity contribution in [3.05, 3.63) is 23.8 Å². The van der Waals surface area contributed by atoms with Gasteiger partial charge in [0.25, 0.3) is 0 Å². The van der Waals surface area contributed by atoms with E-state index < -0.39 is 0 Å². The van der Waals surface area contributed by atoms with Crippen LogP contribution in [-0.2, 0) is 5.88 Å². The summed E-state index contributed by atoms with van der Waals surface area (Å²) < 4.78 is 0. The monoisotopic (exact) mass is 174 g/mol. The molecule has 0 spiro atoms. The molecule has 1 N–H and O–H groups in total. The molecule has 1 aromatic carbocycles. The Morgan fingerprint density at radius 1 is 1.50 bits per heavy atom. The maximum absolute atomic E-state index is 9.24. The van der Waals surface area contributed by atoms with Crippen LogP contribution in [0.15, 0.2) is 23.1 Å². The molecule has 0 aliphatic rings. The molecule has 3 heteroatoms. The largest absolute Gasteiger partial charge is 0.506 e. The van der Waals surface area contributed by atoms with Crippen LogP contribution in [0, 0.1) is 0 Å². The van der Waals surface area contributed by atoms with Gasteiger partial charge in [0.05, 0.1) is 5.88 Å². The number of hydrogen-bond acceptors (Lipinski definition) is 2. The van der Waals surface area contributed by atoms with Gasteiger partial charge in [-0.2, -0.15) is 0 Å². The summed E-state index contributed by atoms with van der Waals surface area (Å²) in [4.78, 5) is 0.568. The van der Waals surface area contributed by atoms with Crippen molar-refractivity contribution in [2.24, 2.45) is 0 Å². The number of hydrogen-bond donors (Lipinski definition) is 2. The third-order valence-corrected chi connectivity index (χ3v) is 1.89. The summed E-state index contributed by atoms with van der Waals surface area (Å²) in [6.45, 7) is 0. The predicted octanol–water partition coefficient (Wildman–Crippen LogP) is 2.42. The van der Waals surface area contributed by atoms with Crippen molar-refractivity contribution in [2.45, 2.75) is 10.8 Å². The molecule has 0 aliphatic carbocycles. The molecule has 54 valence electrons. The third-order valence-electron chi connectivity index (χ3n) is 1.24. The zero-order valence-electron chi connectivity index (χ0n) is 5.21. The number of halogens is 1. The fourth-order valence-corrected chi connectivity index (χ4v) is 1.13. The minimum absolute atomic E-state index is 0.181. The zero-order chi connectivity index (χ0) is 7.56. The summed E-state index contributed by atoms with van der Waals surface area (Å²) in [5, 5.41) is 9.24. The molecule has 1 aromatic rings. The first-order valence-corrected chi connectivity index (χ1v) is 3.79. The van der Waals surface area contributed by atoms with Crippen molar-refractivity contribution in [1.29, 1.82) is 0 Å². The Hall–Kier alpha value is -0.340. The van der Waals surface area contributed by atoms with Crippen molar-refractivity contribution < 1.29 is 5.11 Å². The summed E-state index contributed by atoms with van der Waals surface area (Å²) in [5.41, 5.74) is 0.717. The highest BCUT2D eigenvalue weighted by Crippen LogP contribution is 2.26. The Balaban J connectivity index is 3.14. The lowest BCUT2D eigenvalue weighted by Gasteiger charge is -2.00. The second-order valence-electron chi connectivity index (χ2n) is 1.92. The first-order valence-electron chi connectivity index (χ1n) is 2.81. The van der Waals surface area contributed by atoms with E-state index in [9.17, 15) is 5.11 Å². The summed E-state index contributed by atoms with van der Waals surface area (Å²) in [6.07, 6.45) is 0. The summed E-state index contributed by atoms with van der Waals surface area (Å²) in [6, 6.07) is 5.29. The minimum atomic E-state index is 0.181. The van der Waals surface area contributed by atoms with Gasteiger partial charge in [-0.15, -0.1) is 24.2 Å². The minimum Gasteiger partial charge on any atom is -0.506 e. The first kappa shape index (κ1) is 7.76. The fourth-order valence-electron chi connectivity index (χ4n) is 0.686. The lowest BCUT2D eigenvalue weighted by molar-refractivity contribution is 0.458. The van der Waals surface area contributed by atoms with Crippen molar-refractivity contribution in [3.8, 4) is 5.75 Å². The van der Waals surface area contributed by atoms with Crippen LogP contribution >= 0.6 is 24.2 Å². The number of benzene rings is 1. The van der Waals surface area contributed by atoms with E-state index in [-0.39, 0.29) is 5.75 Å². The quantitative estimate of drug-likeness (QED) is 0.495. The Bertz CT molecular complexity index is 237. The highest BCUT2D eigenvalue weighted by Gasteiger charge is 2.00. The van der Waals surface area contributed by atoms with E-state index in [1.165, 1.54) is 0 Å². The van der Waals surface area contributed by atoms with E-state index in [0.29, 0.717) is 16.3 Å². The van der Waals surface area contributed by atoms with Crippen LogP contribution < -0.4 is 0 Å². The molecule has 0 heterocycles. The molecule has 0 radical (unpaired) electrons. The lowest BCUT2D eigenvalue weighted by atomic mass is 10.2. The van der Waals surface area contributed by atoms with Crippen LogP contribution in [-0.4, -0.2) is 5.11 Å². The van der Waals surface area contributed by atoms with Crippen LogP contribution in [0.2, 0.25) is 0 Å². The average Bonchev–Trinajstić information content (AvgIpc) is 1.95. The van der Waals surface area contributed by atoms with E-state index in [0.717, 1.165) is 0 Å². The van der Waals surface area contributed by atoms with Crippen LogP contribution in [0.25, 0.3) is 0 Å². The van der Waals surface area contributed by atoms with Crippen molar-refractivity contribution >= 4 is 24.2 Å². The zero-order valence-corrected chi connectivity index (χ0v) is 6.86. The predicted molar refractivity (Wildman–Crippen MR) is 44.9 cm³/mol. The molecule has 0 aliphatic heterocycles. The van der Waals surface area contributed by atoms with E-state index >= 15 is 0 Å². The Labute approximate surface area is 70.0 Å². The van der Waals surface area contributed by atoms with Crippen LogP contribution in [0.1, 0.15) is 5.56 Å². The van der Waals surface area contributed by atoms with E-state index in [2.05, 4.69) is 12.6 Å². The molecule has 0 bridgehead atoms. The molecule has 0 aromatic heterocycles. The molecule has 0 atom stereocenters. The molecule has 1 rings (SSSR count). The van der Waals surface area contributed by atoms with Gasteiger partial charge in [0, 0.05) is 10.5 Å². The molecule has 10 heavy (non-hydrogen) atoms. The molecule has 0 amide bonds. The smallest absolute Gasteiger partial charge is 0.133 e. The van der Waals surface area contributed by atoms with Crippen LogP contribution in [0.5, 0.6) is 5.75 Å². The maximum atomic E-state index is 9.24. The van der Waals surface area contributed by atoms with Gasteiger partial charge >= 0.3 is 0 Å². The van der Waals surface area contributed by atoms with E-state index in [1.54, 1.807) is 18.2 Å². The van der Waals surface area contributed by atoms with Gasteiger partial charge in [-0.3, -0.25) is 0 Å². The highest BCUT2D eigenvalue weighted by molar-refractivity contribution is 7.80. The molecule has 1 nitrogen and oxygen atoms in total. The SMILES string of the molecule is Oc1c(S)cccc1CCl. The van der Waals surface area contributed by atoms with Crippen molar-refractivity contribution in [2.75, 3.05) is 0 Å². The van der Waals surface area contributed by atoms with Gasteiger partial charge in [-0.1, -0.05) is 12.1 Å². The molecule has 0 saturated carbocycles. The maximum Gasteiger partial charge on any atom is 0.133 e. The third kappa shape index (κ3) is 1.39. The number of phenols is 1. The summed E-state index contributed by atoms with van der Waals surface area (Å²) in [7, 11) is 0. The first-order chi connectivity index (χ1) is 4.75. The fraction of sp³-hybridized carbons (Fsp3) is 0.143. The number of aromatic hydroxyl groups is 1. The van der Waals surface area contributed by atoms with Crippen molar-refractivity contribution in [3.63, 3.8) is 0 Å². The normalized spacial score (nSPS) is 9.80. The van der Waals surface area contributed by atoms with Gasteiger partial charge in [-0.05, 0) is 6.07 Å². The highest BCUT2D eigenvalue weighted by atomic mass is 35.5. The van der Waals surface area contributed by atoms with Crippen molar-refractivity contribution in [1.82, 2.24) is 0 Å². The number of phenolic OH excluding ortho intramolecular Hbond substituents is 1. The van der Waals surface area contributed by atoms with Gasteiger partial charge in [0.1, 0.15) is 5.75 Å². The molecular formula is C7H7ClOS. The molecule has 0 unspecified atom stereocenters. The summed E-state index contributed by atoms with van der Waals surface area (Å²) in [5.74, 6) is 0.501. The number of rotatable bonds is 1. The molecule has 0 saturated heterocycles. The second kappa shape index (κ2) is 3.17. The Morgan fingerprint density at radius 2 is 2.20 bits per heavy atom. The topological polar surface area (TPSA) is 20.2 Å². The van der Waals surface area contributed by atoms with Gasteiger partial charge in [0.15, 0.2) is 0 Å². The van der Waals surface area contributed by atoms with Crippen LogP contribution in [0.4, 0.5) is 0 Å². The Morgan fingerprint density at radius 3 is 2.70 bits per heavy atom. The lowest BCUT2D eigenvalue weighted by Crippen LogP contribution is -1.79. The van der Waals surface area contributed by atoms with Gasteiger partial charge < -0.3 is 5.11 Å². The standard InChI is InChI=1S/C7H7ClOS/c8-4-5-2-1-3-6(10)7(5)9/h1-3,9-10H,4H2. The number of thiol groups is 1. The summed E-state index contributed by atoms with van der Waals surface area (Å²) >= 11 is 9.52. The molecule has 0 fully saturated rings. The van der Waals surface area contributed by atoms with Crippen LogP contribution in [0.3, 0.4) is 0 Å². The van der Waals surface area contributed by atoms with Gasteiger partial charge in [-0.25, -0.2) is 0 Å². The molecular weight excluding hydrogens is 168 g/mol. The number of para-hydroxylation sites is 1. The van der Waals surface area contributed by atoms with E-state index in [1.807, 2.05) is 0 Å².